The number of nitro groups is 1. The van der Waals surface area contributed by atoms with Crippen molar-refractivity contribution in [2.75, 3.05) is 31.9 Å². The second-order valence-corrected chi connectivity index (χ2v) is 9.62. The van der Waals surface area contributed by atoms with Crippen molar-refractivity contribution in [3.63, 3.8) is 0 Å². The molecule has 168 valence electrons. The van der Waals surface area contributed by atoms with Gasteiger partial charge in [-0.2, -0.15) is 0 Å². The molecule has 0 aromatic heterocycles. The monoisotopic (exact) mass is 439 g/mol. The van der Waals surface area contributed by atoms with Gasteiger partial charge in [-0.1, -0.05) is 12.1 Å². The van der Waals surface area contributed by atoms with Crippen molar-refractivity contribution in [3.05, 3.63) is 39.9 Å². The van der Waals surface area contributed by atoms with Crippen molar-refractivity contribution >= 4 is 21.7 Å². The van der Waals surface area contributed by atoms with E-state index in [1.54, 1.807) is 23.4 Å². The molecule has 0 amide bonds. The molecule has 2 rings (SSSR count). The van der Waals surface area contributed by atoms with Gasteiger partial charge in [0.25, 0.3) is 5.69 Å². The van der Waals surface area contributed by atoms with Crippen molar-refractivity contribution in [3.8, 4) is 0 Å². The number of piperidine rings is 1. The lowest BCUT2D eigenvalue weighted by molar-refractivity contribution is -0.384. The van der Waals surface area contributed by atoms with Crippen LogP contribution in [-0.2, 0) is 16.4 Å². The van der Waals surface area contributed by atoms with Crippen LogP contribution >= 0.6 is 0 Å². The van der Waals surface area contributed by atoms with Crippen LogP contribution in [0, 0.1) is 10.1 Å². The number of aliphatic imine (C=N–C) groups is 1. The van der Waals surface area contributed by atoms with Gasteiger partial charge in [0.2, 0.25) is 10.0 Å². The van der Waals surface area contributed by atoms with Crippen LogP contribution < -0.4 is 10.6 Å². The van der Waals surface area contributed by atoms with E-state index in [0.29, 0.717) is 19.6 Å². The van der Waals surface area contributed by atoms with E-state index in [0.717, 1.165) is 50.2 Å². The quantitative estimate of drug-likeness (QED) is 0.190. The molecule has 0 bridgehead atoms. The molecule has 0 aliphatic carbocycles. The fraction of sp³-hybridized carbons (Fsp3) is 0.650. The Labute approximate surface area is 179 Å². The largest absolute Gasteiger partial charge is 0.357 e. The molecule has 0 atom stereocenters. The summed E-state index contributed by atoms with van der Waals surface area (Å²) in [5, 5.41) is 17.4. The number of rotatable bonds is 10. The van der Waals surface area contributed by atoms with Crippen LogP contribution in [0.5, 0.6) is 0 Å². The lowest BCUT2D eigenvalue weighted by Crippen LogP contribution is -2.50. The summed E-state index contributed by atoms with van der Waals surface area (Å²) in [7, 11) is -3.11. The van der Waals surface area contributed by atoms with E-state index in [1.165, 1.54) is 12.1 Å². The first-order chi connectivity index (χ1) is 14.4. The fourth-order valence-corrected chi connectivity index (χ4v) is 4.52. The van der Waals surface area contributed by atoms with Crippen LogP contribution in [0.25, 0.3) is 0 Å². The summed E-state index contributed by atoms with van der Waals surface area (Å²) in [5.74, 6) is 0.916. The highest BCUT2D eigenvalue weighted by atomic mass is 32.2. The van der Waals surface area contributed by atoms with Gasteiger partial charge in [0.15, 0.2) is 5.96 Å². The average Bonchev–Trinajstić information content (AvgIpc) is 2.74. The van der Waals surface area contributed by atoms with Gasteiger partial charge in [-0.25, -0.2) is 12.7 Å². The topological polar surface area (TPSA) is 117 Å². The third kappa shape index (κ3) is 7.56. The maximum Gasteiger partial charge on any atom is 0.269 e. The molecule has 0 radical (unpaired) electrons. The van der Waals surface area contributed by atoms with Crippen LogP contribution in [0.15, 0.2) is 29.3 Å². The highest BCUT2D eigenvalue weighted by Gasteiger charge is 2.26. The molecule has 0 unspecified atom stereocenters. The lowest BCUT2D eigenvalue weighted by Gasteiger charge is -2.32. The van der Waals surface area contributed by atoms with Gasteiger partial charge in [-0.3, -0.25) is 15.1 Å². The van der Waals surface area contributed by atoms with Crippen molar-refractivity contribution in [2.24, 2.45) is 4.99 Å². The molecule has 1 aliphatic rings. The number of hydrogen-bond acceptors (Lipinski definition) is 5. The van der Waals surface area contributed by atoms with Crippen molar-refractivity contribution in [1.29, 1.82) is 0 Å². The molecule has 2 N–H and O–H groups in total. The van der Waals surface area contributed by atoms with E-state index in [2.05, 4.69) is 15.6 Å². The lowest BCUT2D eigenvalue weighted by atomic mass is 10.1. The Bertz CT molecular complexity index is 803. The van der Waals surface area contributed by atoms with Crippen molar-refractivity contribution in [2.45, 2.75) is 52.0 Å². The molecule has 10 heteroatoms. The number of non-ortho nitro benzene ring substituents is 1. The molecule has 1 aromatic rings. The van der Waals surface area contributed by atoms with Gasteiger partial charge in [-0.05, 0) is 51.5 Å². The Morgan fingerprint density at radius 2 is 1.87 bits per heavy atom. The molecule has 9 nitrogen and oxygen atoms in total. The van der Waals surface area contributed by atoms with Crippen LogP contribution in [0.4, 0.5) is 5.69 Å². The average molecular weight is 440 g/mol. The summed E-state index contributed by atoms with van der Waals surface area (Å²) in [6.07, 6.45) is 4.27. The van der Waals surface area contributed by atoms with Crippen molar-refractivity contribution in [1.82, 2.24) is 14.9 Å². The fourth-order valence-electron chi connectivity index (χ4n) is 3.39. The smallest absolute Gasteiger partial charge is 0.269 e. The number of nitro benzene ring substituents is 1. The molecule has 1 aliphatic heterocycles. The first-order valence-electron chi connectivity index (χ1n) is 10.6. The Morgan fingerprint density at radius 3 is 2.43 bits per heavy atom. The van der Waals surface area contributed by atoms with Gasteiger partial charge < -0.3 is 10.6 Å². The highest BCUT2D eigenvalue weighted by molar-refractivity contribution is 7.89. The zero-order chi connectivity index (χ0) is 22.0. The number of sulfonamides is 1. The Morgan fingerprint density at radius 1 is 1.20 bits per heavy atom. The molecule has 0 spiro atoms. The van der Waals surface area contributed by atoms with E-state index < -0.39 is 10.0 Å². The Kier molecular flexibility index (Phi) is 9.51. The standard InChI is InChI=1S/C20H33N5O4S/c1-3-21-20(23-18-12-15-24(16-13-18)30(28,29)4-2)22-14-6-5-7-17-8-10-19(11-9-17)25(26)27/h8-11,18H,3-7,12-16H2,1-2H3,(H2,21,22,23). The van der Waals surface area contributed by atoms with Gasteiger partial charge in [-0.15, -0.1) is 0 Å². The summed E-state index contributed by atoms with van der Waals surface area (Å²) in [5.41, 5.74) is 1.20. The summed E-state index contributed by atoms with van der Waals surface area (Å²) < 4.78 is 25.5. The Balaban J connectivity index is 1.74. The van der Waals surface area contributed by atoms with Gasteiger partial charge in [0.05, 0.1) is 10.7 Å². The molecular formula is C20H33N5O4S. The van der Waals surface area contributed by atoms with E-state index in [9.17, 15) is 18.5 Å². The highest BCUT2D eigenvalue weighted by Crippen LogP contribution is 2.15. The van der Waals surface area contributed by atoms with Crippen LogP contribution in [0.2, 0.25) is 0 Å². The molecule has 1 saturated heterocycles. The number of aryl methyl sites for hydroxylation is 1. The number of nitrogens with zero attached hydrogens (tertiary/aromatic N) is 3. The second-order valence-electron chi connectivity index (χ2n) is 7.36. The van der Waals surface area contributed by atoms with Crippen LogP contribution in [0.1, 0.15) is 45.1 Å². The number of nitrogens with one attached hydrogen (secondary N) is 2. The first kappa shape index (κ1) is 24.1. The minimum absolute atomic E-state index is 0.114. The normalized spacial score (nSPS) is 16.4. The molecule has 1 aromatic carbocycles. The minimum atomic E-state index is -3.11. The van der Waals surface area contributed by atoms with Crippen LogP contribution in [-0.4, -0.2) is 61.6 Å². The van der Waals surface area contributed by atoms with Crippen LogP contribution in [0.3, 0.4) is 0 Å². The maximum atomic E-state index is 12.0. The Hall–Kier alpha value is -2.20. The SMILES string of the molecule is CCNC(=NCCCCc1ccc([N+](=O)[O-])cc1)NC1CCN(S(=O)(=O)CC)CC1. The van der Waals surface area contributed by atoms with E-state index >= 15 is 0 Å². The zero-order valence-corrected chi connectivity index (χ0v) is 18.7. The molecule has 1 heterocycles. The third-order valence-corrected chi connectivity index (χ3v) is 7.07. The molecule has 0 saturated carbocycles. The number of benzene rings is 1. The summed E-state index contributed by atoms with van der Waals surface area (Å²) in [4.78, 5) is 14.9. The maximum absolute atomic E-state index is 12.0. The predicted molar refractivity (Wildman–Crippen MR) is 119 cm³/mol. The predicted octanol–water partition coefficient (Wildman–Crippen LogP) is 2.29. The number of hydrogen-bond donors (Lipinski definition) is 2. The second kappa shape index (κ2) is 11.8. The molecule has 30 heavy (non-hydrogen) atoms. The van der Waals surface area contributed by atoms with Gasteiger partial charge >= 0.3 is 0 Å². The van der Waals surface area contributed by atoms with E-state index in [4.69, 9.17) is 0 Å². The van der Waals surface area contributed by atoms with Gasteiger partial charge in [0, 0.05) is 44.4 Å². The summed E-state index contributed by atoms with van der Waals surface area (Å²) >= 11 is 0. The zero-order valence-electron chi connectivity index (χ0n) is 17.8. The third-order valence-electron chi connectivity index (χ3n) is 5.19. The molecule has 1 fully saturated rings. The summed E-state index contributed by atoms with van der Waals surface area (Å²) in [6, 6.07) is 6.90. The molecular weight excluding hydrogens is 406 g/mol. The van der Waals surface area contributed by atoms with E-state index in [-0.39, 0.29) is 22.4 Å². The minimum Gasteiger partial charge on any atom is -0.357 e. The van der Waals surface area contributed by atoms with Crippen molar-refractivity contribution < 1.29 is 13.3 Å². The number of guanidine groups is 1. The van der Waals surface area contributed by atoms with E-state index in [1.807, 2.05) is 6.92 Å². The number of unbranched alkanes of at least 4 members (excludes halogenated alkanes) is 1. The van der Waals surface area contributed by atoms with Gasteiger partial charge in [0.1, 0.15) is 0 Å². The first-order valence-corrected chi connectivity index (χ1v) is 12.2. The summed E-state index contributed by atoms with van der Waals surface area (Å²) in [6.45, 7) is 6.23.